The van der Waals surface area contributed by atoms with E-state index in [9.17, 15) is 4.79 Å². The maximum absolute atomic E-state index is 11.2. The van der Waals surface area contributed by atoms with Crippen molar-refractivity contribution in [3.8, 4) is 0 Å². The third kappa shape index (κ3) is 3.27. The fourth-order valence-electron chi connectivity index (χ4n) is 1.44. The van der Waals surface area contributed by atoms with Crippen molar-refractivity contribution in [3.05, 3.63) is 0 Å². The number of methoxy groups -OCH3 is 2. The molecule has 0 spiro atoms. The molecule has 2 N–H and O–H groups in total. The Balaban J connectivity index is 4.57. The van der Waals surface area contributed by atoms with Gasteiger partial charge in [0.2, 0.25) is 0 Å². The molecular weight excluding hydrogens is 182 g/mol. The molecule has 1 atom stereocenters. The second-order valence-electron chi connectivity index (χ2n) is 3.91. The van der Waals surface area contributed by atoms with Gasteiger partial charge in [-0.3, -0.25) is 4.79 Å². The molecule has 1 unspecified atom stereocenters. The van der Waals surface area contributed by atoms with Crippen LogP contribution in [0.3, 0.4) is 0 Å². The van der Waals surface area contributed by atoms with Crippen LogP contribution in [0.2, 0.25) is 0 Å². The Morgan fingerprint density at radius 2 is 2.00 bits per heavy atom. The lowest BCUT2D eigenvalue weighted by Crippen LogP contribution is -2.41. The summed E-state index contributed by atoms with van der Waals surface area (Å²) in [6, 6.07) is 0. The van der Waals surface area contributed by atoms with E-state index in [1.165, 1.54) is 7.11 Å². The Hall–Kier alpha value is -0.610. The molecule has 0 heterocycles. The van der Waals surface area contributed by atoms with E-state index in [4.69, 9.17) is 10.5 Å². The van der Waals surface area contributed by atoms with Gasteiger partial charge in [0.25, 0.3) is 0 Å². The molecule has 0 saturated heterocycles. The summed E-state index contributed by atoms with van der Waals surface area (Å²) in [5, 5.41) is 0. The smallest absolute Gasteiger partial charge is 0.306 e. The number of ether oxygens (including phenoxy) is 2. The van der Waals surface area contributed by atoms with Crippen molar-refractivity contribution in [2.75, 3.05) is 27.4 Å². The van der Waals surface area contributed by atoms with Gasteiger partial charge in [-0.1, -0.05) is 13.8 Å². The van der Waals surface area contributed by atoms with Gasteiger partial charge in [-0.05, 0) is 5.92 Å². The van der Waals surface area contributed by atoms with Gasteiger partial charge in [0.05, 0.1) is 20.1 Å². The molecule has 0 aromatic rings. The van der Waals surface area contributed by atoms with Crippen LogP contribution in [-0.2, 0) is 14.3 Å². The standard InChI is InChI=1S/C10H21NO3/c1-8(2)10(6-11,7-13-3)5-9(12)14-4/h8H,5-7,11H2,1-4H3. The number of hydrogen-bond donors (Lipinski definition) is 1. The van der Waals surface area contributed by atoms with Crippen LogP contribution < -0.4 is 5.73 Å². The van der Waals surface area contributed by atoms with Gasteiger partial charge in [-0.2, -0.15) is 0 Å². The van der Waals surface area contributed by atoms with Crippen molar-refractivity contribution in [3.63, 3.8) is 0 Å². The first-order valence-corrected chi connectivity index (χ1v) is 4.78. The Morgan fingerprint density at radius 1 is 1.43 bits per heavy atom. The highest BCUT2D eigenvalue weighted by molar-refractivity contribution is 5.70. The second-order valence-corrected chi connectivity index (χ2v) is 3.91. The molecule has 0 aliphatic heterocycles. The summed E-state index contributed by atoms with van der Waals surface area (Å²) in [5.41, 5.74) is 5.41. The quantitative estimate of drug-likeness (QED) is 0.648. The number of nitrogens with two attached hydrogens (primary N) is 1. The highest BCUT2D eigenvalue weighted by Gasteiger charge is 2.35. The molecule has 0 fully saturated rings. The second kappa shape index (κ2) is 5.98. The SMILES string of the molecule is COCC(CN)(CC(=O)OC)C(C)C. The van der Waals surface area contributed by atoms with Crippen molar-refractivity contribution in [1.82, 2.24) is 0 Å². The third-order valence-electron chi connectivity index (χ3n) is 2.79. The summed E-state index contributed by atoms with van der Waals surface area (Å²) < 4.78 is 9.77. The summed E-state index contributed by atoms with van der Waals surface area (Å²) in [6.45, 7) is 4.98. The van der Waals surface area contributed by atoms with Gasteiger partial charge >= 0.3 is 5.97 Å². The van der Waals surface area contributed by atoms with Crippen molar-refractivity contribution in [2.24, 2.45) is 17.1 Å². The number of carbonyl (C=O) groups excluding carboxylic acids is 1. The zero-order valence-electron chi connectivity index (χ0n) is 9.50. The van der Waals surface area contributed by atoms with E-state index in [0.717, 1.165) is 0 Å². The zero-order chi connectivity index (χ0) is 11.2. The third-order valence-corrected chi connectivity index (χ3v) is 2.79. The van der Waals surface area contributed by atoms with Crippen LogP contribution in [0.25, 0.3) is 0 Å². The van der Waals surface area contributed by atoms with Crippen LogP contribution in [0.1, 0.15) is 20.3 Å². The number of carbonyl (C=O) groups is 1. The fraction of sp³-hybridized carbons (Fsp3) is 0.900. The fourth-order valence-corrected chi connectivity index (χ4v) is 1.44. The van der Waals surface area contributed by atoms with Gasteiger partial charge in [-0.25, -0.2) is 0 Å². The van der Waals surface area contributed by atoms with Gasteiger partial charge in [0.15, 0.2) is 0 Å². The van der Waals surface area contributed by atoms with Crippen LogP contribution >= 0.6 is 0 Å². The molecule has 0 saturated carbocycles. The Kier molecular flexibility index (Phi) is 5.72. The Bertz CT molecular complexity index is 182. The summed E-state index contributed by atoms with van der Waals surface area (Å²) in [5.74, 6) is 0.0488. The van der Waals surface area contributed by atoms with Gasteiger partial charge in [0, 0.05) is 19.1 Å². The van der Waals surface area contributed by atoms with Crippen LogP contribution in [0.15, 0.2) is 0 Å². The predicted molar refractivity (Wildman–Crippen MR) is 54.8 cm³/mol. The Morgan fingerprint density at radius 3 is 2.29 bits per heavy atom. The Labute approximate surface area is 85.8 Å². The van der Waals surface area contributed by atoms with Crippen LogP contribution in [0, 0.1) is 11.3 Å². The zero-order valence-corrected chi connectivity index (χ0v) is 9.50. The molecule has 0 rings (SSSR count). The minimum atomic E-state index is -0.304. The largest absolute Gasteiger partial charge is 0.469 e. The average Bonchev–Trinajstić information content (AvgIpc) is 2.16. The topological polar surface area (TPSA) is 61.5 Å². The van der Waals surface area contributed by atoms with Crippen LogP contribution in [-0.4, -0.2) is 33.3 Å². The maximum atomic E-state index is 11.2. The van der Waals surface area contributed by atoms with E-state index >= 15 is 0 Å². The van der Waals surface area contributed by atoms with E-state index in [-0.39, 0.29) is 17.3 Å². The normalized spacial score (nSPS) is 15.3. The van der Waals surface area contributed by atoms with E-state index < -0.39 is 0 Å². The minimum absolute atomic E-state index is 0.235. The van der Waals surface area contributed by atoms with Crippen molar-refractivity contribution in [1.29, 1.82) is 0 Å². The van der Waals surface area contributed by atoms with E-state index in [1.54, 1.807) is 7.11 Å². The summed E-state index contributed by atoms with van der Waals surface area (Å²) >= 11 is 0. The molecule has 0 aliphatic carbocycles. The van der Waals surface area contributed by atoms with Crippen LogP contribution in [0.5, 0.6) is 0 Å². The lowest BCUT2D eigenvalue weighted by atomic mass is 9.75. The number of rotatable bonds is 6. The molecule has 84 valence electrons. The average molecular weight is 203 g/mol. The predicted octanol–water partition coefficient (Wildman–Crippen LogP) is 0.797. The van der Waals surface area contributed by atoms with Gasteiger partial charge in [-0.15, -0.1) is 0 Å². The molecule has 0 radical (unpaired) electrons. The van der Waals surface area contributed by atoms with Crippen molar-refractivity contribution >= 4 is 5.97 Å². The lowest BCUT2D eigenvalue weighted by Gasteiger charge is -2.34. The first-order chi connectivity index (χ1) is 6.52. The summed E-state index contributed by atoms with van der Waals surface area (Å²) in [7, 11) is 3.00. The first kappa shape index (κ1) is 13.4. The number of hydrogen-bond acceptors (Lipinski definition) is 4. The molecule has 0 bridgehead atoms. The molecule has 0 amide bonds. The summed E-state index contributed by atoms with van der Waals surface area (Å²) in [6.07, 6.45) is 0.311. The molecule has 0 aromatic carbocycles. The van der Waals surface area contributed by atoms with Crippen molar-refractivity contribution in [2.45, 2.75) is 20.3 Å². The summed E-state index contributed by atoms with van der Waals surface area (Å²) in [4.78, 5) is 11.2. The van der Waals surface area contributed by atoms with Crippen molar-refractivity contribution < 1.29 is 14.3 Å². The van der Waals surface area contributed by atoms with E-state index in [1.807, 2.05) is 13.8 Å². The van der Waals surface area contributed by atoms with Gasteiger partial charge < -0.3 is 15.2 Å². The highest BCUT2D eigenvalue weighted by Crippen LogP contribution is 2.31. The number of esters is 1. The first-order valence-electron chi connectivity index (χ1n) is 4.78. The molecule has 4 heteroatoms. The van der Waals surface area contributed by atoms with E-state index in [0.29, 0.717) is 19.6 Å². The molecule has 0 aromatic heterocycles. The lowest BCUT2D eigenvalue weighted by molar-refractivity contribution is -0.145. The molecule has 4 nitrogen and oxygen atoms in total. The highest BCUT2D eigenvalue weighted by atomic mass is 16.5. The molecule has 0 aliphatic rings. The monoisotopic (exact) mass is 203 g/mol. The minimum Gasteiger partial charge on any atom is -0.469 e. The maximum Gasteiger partial charge on any atom is 0.306 e. The van der Waals surface area contributed by atoms with Gasteiger partial charge in [0.1, 0.15) is 0 Å². The molecular formula is C10H21NO3. The molecule has 14 heavy (non-hydrogen) atoms. The van der Waals surface area contributed by atoms with Crippen LogP contribution in [0.4, 0.5) is 0 Å². The van der Waals surface area contributed by atoms with E-state index in [2.05, 4.69) is 4.74 Å².